The van der Waals surface area contributed by atoms with Gasteiger partial charge in [0.1, 0.15) is 0 Å². The van der Waals surface area contributed by atoms with Crippen LogP contribution in [0.1, 0.15) is 142 Å². The third-order valence-electron chi connectivity index (χ3n) is 7.43. The van der Waals surface area contributed by atoms with E-state index in [9.17, 15) is 15.3 Å². The van der Waals surface area contributed by atoms with Crippen molar-refractivity contribution in [3.8, 4) is 0 Å². The van der Waals surface area contributed by atoms with Gasteiger partial charge in [-0.1, -0.05) is 129 Å². The number of nitrogens with zero attached hydrogens (tertiary/aromatic N) is 2. The average molecular weight is 515 g/mol. The Labute approximate surface area is 226 Å². The van der Waals surface area contributed by atoms with Crippen molar-refractivity contribution in [2.24, 2.45) is 0 Å². The molecule has 36 heavy (non-hydrogen) atoms. The number of rotatable bonds is 30. The molecule has 5 nitrogen and oxygen atoms in total. The smallest absolute Gasteiger partial charge is 0.0793 e. The first-order valence-corrected chi connectivity index (χ1v) is 16.0. The lowest BCUT2D eigenvalue weighted by atomic mass is 10.1. The summed E-state index contributed by atoms with van der Waals surface area (Å²) in [5, 5.41) is 29.7. The molecule has 0 rings (SSSR count). The molecule has 0 radical (unpaired) electrons. The fourth-order valence-electron chi connectivity index (χ4n) is 5.17. The van der Waals surface area contributed by atoms with Crippen molar-refractivity contribution in [1.82, 2.24) is 9.80 Å². The zero-order valence-corrected chi connectivity index (χ0v) is 24.6. The van der Waals surface area contributed by atoms with Crippen LogP contribution in [0.5, 0.6) is 0 Å². The van der Waals surface area contributed by atoms with Crippen molar-refractivity contribution in [3.05, 3.63) is 0 Å². The zero-order valence-electron chi connectivity index (χ0n) is 24.6. The zero-order chi connectivity index (χ0) is 26.5. The van der Waals surface area contributed by atoms with Gasteiger partial charge in [-0.2, -0.15) is 0 Å². The number of aliphatic hydroxyl groups excluding tert-OH is 3. The monoisotopic (exact) mass is 515 g/mol. The molecule has 5 heteroatoms. The van der Waals surface area contributed by atoms with Crippen molar-refractivity contribution in [3.63, 3.8) is 0 Å². The molecule has 0 saturated heterocycles. The van der Waals surface area contributed by atoms with Crippen LogP contribution in [0.3, 0.4) is 0 Å². The lowest BCUT2D eigenvalue weighted by Gasteiger charge is -2.28. The molecular formula is C31H66N2O3. The fraction of sp³-hybridized carbons (Fsp3) is 1.00. The maximum Gasteiger partial charge on any atom is 0.0793 e. The molecule has 218 valence electrons. The van der Waals surface area contributed by atoms with Crippen LogP contribution in [0.15, 0.2) is 0 Å². The highest BCUT2D eigenvalue weighted by atomic mass is 16.3. The van der Waals surface area contributed by atoms with Crippen LogP contribution >= 0.6 is 0 Å². The summed E-state index contributed by atoms with van der Waals surface area (Å²) in [4.78, 5) is 4.43. The first kappa shape index (κ1) is 35.8. The molecule has 0 aliphatic carbocycles. The topological polar surface area (TPSA) is 67.2 Å². The summed E-state index contributed by atoms with van der Waals surface area (Å²) in [6.45, 7) is 9.20. The molecule has 0 aliphatic rings. The molecule has 0 spiro atoms. The highest BCUT2D eigenvalue weighted by Gasteiger charge is 2.15. The molecule has 3 N–H and O–H groups in total. The van der Waals surface area contributed by atoms with E-state index in [1.54, 1.807) is 0 Å². The summed E-state index contributed by atoms with van der Waals surface area (Å²) < 4.78 is 0. The summed E-state index contributed by atoms with van der Waals surface area (Å²) >= 11 is 0. The first-order chi connectivity index (χ1) is 17.7. The Bertz CT molecular complexity index is 375. The highest BCUT2D eigenvalue weighted by Crippen LogP contribution is 2.12. The summed E-state index contributed by atoms with van der Waals surface area (Å²) in [7, 11) is 0. The third kappa shape index (κ3) is 25.4. The number of hydrogen-bond acceptors (Lipinski definition) is 5. The Kier molecular flexibility index (Phi) is 29.2. The van der Waals surface area contributed by atoms with E-state index >= 15 is 0 Å². The van der Waals surface area contributed by atoms with Crippen LogP contribution in [-0.2, 0) is 0 Å². The van der Waals surface area contributed by atoms with Crippen LogP contribution in [0.4, 0.5) is 0 Å². The number of unbranched alkanes of at least 4 members (excludes halogenated alkanes) is 18. The number of hydrogen-bond donors (Lipinski definition) is 3. The third-order valence-corrected chi connectivity index (χ3v) is 7.43. The van der Waals surface area contributed by atoms with E-state index in [0.29, 0.717) is 26.2 Å². The molecule has 0 aromatic rings. The molecule has 0 atom stereocenters. The van der Waals surface area contributed by atoms with Crippen LogP contribution < -0.4 is 0 Å². The van der Waals surface area contributed by atoms with Crippen molar-refractivity contribution in [1.29, 1.82) is 0 Å². The van der Waals surface area contributed by atoms with Crippen LogP contribution in [0.2, 0.25) is 0 Å². The van der Waals surface area contributed by atoms with Gasteiger partial charge >= 0.3 is 0 Å². The molecule has 0 unspecified atom stereocenters. The first-order valence-electron chi connectivity index (χ1n) is 16.0. The van der Waals surface area contributed by atoms with Gasteiger partial charge in [0.25, 0.3) is 0 Å². The maximum absolute atomic E-state index is 10.7. The predicted molar refractivity (Wildman–Crippen MR) is 157 cm³/mol. The van der Waals surface area contributed by atoms with E-state index in [-0.39, 0.29) is 13.2 Å². The Hall–Kier alpha value is -0.200. The van der Waals surface area contributed by atoms with Crippen LogP contribution in [-0.4, -0.2) is 83.7 Å². The van der Waals surface area contributed by atoms with Gasteiger partial charge in [0.2, 0.25) is 0 Å². The minimum atomic E-state index is -0.436. The van der Waals surface area contributed by atoms with Crippen LogP contribution in [0.25, 0.3) is 0 Å². The Morgan fingerprint density at radius 2 is 0.694 bits per heavy atom. The van der Waals surface area contributed by atoms with Gasteiger partial charge in [-0.25, -0.2) is 0 Å². The Morgan fingerprint density at radius 3 is 0.972 bits per heavy atom. The normalized spacial score (nSPS) is 12.0. The molecule has 0 aromatic carbocycles. The Morgan fingerprint density at radius 1 is 0.417 bits per heavy atom. The minimum Gasteiger partial charge on any atom is -0.395 e. The largest absolute Gasteiger partial charge is 0.395 e. The molecule has 0 aromatic heterocycles. The molecular weight excluding hydrogens is 448 g/mol. The number of aliphatic hydroxyl groups is 3. The minimum absolute atomic E-state index is 0.142. The van der Waals surface area contributed by atoms with E-state index in [2.05, 4.69) is 23.6 Å². The fourth-order valence-corrected chi connectivity index (χ4v) is 5.17. The quantitative estimate of drug-likeness (QED) is 0.0922. The van der Waals surface area contributed by atoms with Gasteiger partial charge in [0.05, 0.1) is 19.3 Å². The molecule has 0 aliphatic heterocycles. The SMILES string of the molecule is CCCCCCCCCCCCN(CCO)CC(O)CN(CCO)CCCCCCCCCCCC. The summed E-state index contributed by atoms with van der Waals surface area (Å²) in [5.74, 6) is 0. The van der Waals surface area contributed by atoms with Crippen molar-refractivity contribution < 1.29 is 15.3 Å². The summed E-state index contributed by atoms with van der Waals surface area (Å²) in [5.41, 5.74) is 0. The van der Waals surface area contributed by atoms with E-state index in [1.165, 1.54) is 116 Å². The molecule has 0 heterocycles. The lowest BCUT2D eigenvalue weighted by molar-refractivity contribution is 0.0600. The maximum atomic E-state index is 10.7. The van der Waals surface area contributed by atoms with E-state index in [0.717, 1.165) is 25.9 Å². The van der Waals surface area contributed by atoms with E-state index in [4.69, 9.17) is 0 Å². The predicted octanol–water partition coefficient (Wildman–Crippen LogP) is 6.78. The molecule has 0 amide bonds. The van der Waals surface area contributed by atoms with E-state index in [1.807, 2.05) is 0 Å². The van der Waals surface area contributed by atoms with Crippen molar-refractivity contribution in [2.75, 3.05) is 52.5 Å². The van der Waals surface area contributed by atoms with Crippen molar-refractivity contribution in [2.45, 2.75) is 148 Å². The Balaban J connectivity index is 3.95. The molecule has 0 bridgehead atoms. The lowest BCUT2D eigenvalue weighted by Crippen LogP contribution is -2.42. The van der Waals surface area contributed by atoms with Gasteiger partial charge < -0.3 is 15.3 Å². The van der Waals surface area contributed by atoms with Gasteiger partial charge in [-0.15, -0.1) is 0 Å². The average Bonchev–Trinajstić information content (AvgIpc) is 2.86. The van der Waals surface area contributed by atoms with E-state index < -0.39 is 6.10 Å². The molecule has 0 fully saturated rings. The van der Waals surface area contributed by atoms with Crippen LogP contribution in [0, 0.1) is 0 Å². The molecule has 0 saturated carbocycles. The van der Waals surface area contributed by atoms with Gasteiger partial charge in [-0.05, 0) is 25.9 Å². The summed E-state index contributed by atoms with van der Waals surface area (Å²) in [6.07, 6.45) is 26.0. The van der Waals surface area contributed by atoms with Gasteiger partial charge in [0.15, 0.2) is 0 Å². The standard InChI is InChI=1S/C31H66N2O3/c1-3-5-7-9-11-13-15-17-19-21-23-32(25-27-34)29-31(36)30-33(26-28-35)24-22-20-18-16-14-12-10-8-6-4-2/h31,34-36H,3-30H2,1-2H3. The van der Waals surface area contributed by atoms with Gasteiger partial charge in [0, 0.05) is 26.2 Å². The second-order valence-corrected chi connectivity index (χ2v) is 11.1. The second-order valence-electron chi connectivity index (χ2n) is 11.1. The highest BCUT2D eigenvalue weighted by molar-refractivity contribution is 4.70. The second kappa shape index (κ2) is 29.4. The van der Waals surface area contributed by atoms with Gasteiger partial charge in [-0.3, -0.25) is 9.80 Å². The summed E-state index contributed by atoms with van der Waals surface area (Å²) in [6, 6.07) is 0. The van der Waals surface area contributed by atoms with Crippen molar-refractivity contribution >= 4 is 0 Å².